The average molecular weight is 386 g/mol. The Kier molecular flexibility index (Phi) is 6.21. The lowest BCUT2D eigenvalue weighted by molar-refractivity contribution is -0.254. The van der Waals surface area contributed by atoms with Gasteiger partial charge in [-0.05, 0) is 25.1 Å². The molecule has 8 heteroatoms. The first-order chi connectivity index (χ1) is 13.6. The van der Waals surface area contributed by atoms with Gasteiger partial charge in [-0.2, -0.15) is 0 Å². The molecule has 0 fully saturated rings. The Bertz CT molecular complexity index is 866. The summed E-state index contributed by atoms with van der Waals surface area (Å²) in [5.41, 5.74) is -0.150. The summed E-state index contributed by atoms with van der Waals surface area (Å²) in [6.45, 7) is 2.82. The molecule has 8 nitrogen and oxygen atoms in total. The van der Waals surface area contributed by atoms with E-state index in [-0.39, 0.29) is 17.9 Å². The Morgan fingerprint density at radius 1 is 1.07 bits per heavy atom. The number of anilines is 1. The van der Waals surface area contributed by atoms with Gasteiger partial charge in [-0.25, -0.2) is 0 Å². The predicted molar refractivity (Wildman–Crippen MR) is 98.1 cm³/mol. The number of para-hydroxylation sites is 2. The van der Waals surface area contributed by atoms with E-state index in [1.807, 2.05) is 6.92 Å². The zero-order valence-electron chi connectivity index (χ0n) is 15.4. The van der Waals surface area contributed by atoms with Crippen LogP contribution in [0.15, 0.2) is 36.4 Å². The van der Waals surface area contributed by atoms with Gasteiger partial charge in [0.25, 0.3) is 5.91 Å². The summed E-state index contributed by atoms with van der Waals surface area (Å²) in [6, 6.07) is 9.66. The number of rotatable bonds is 7. The van der Waals surface area contributed by atoms with Gasteiger partial charge in [0, 0.05) is 18.1 Å². The molecule has 0 radical (unpaired) electrons. The highest BCUT2D eigenvalue weighted by Gasteiger charge is 2.17. The number of carboxylic acids is 1. The van der Waals surface area contributed by atoms with E-state index < -0.39 is 11.9 Å². The molecule has 2 aromatic carbocycles. The van der Waals surface area contributed by atoms with Crippen molar-refractivity contribution in [3.05, 3.63) is 42.0 Å². The van der Waals surface area contributed by atoms with Crippen molar-refractivity contribution < 1.29 is 33.6 Å². The molecule has 2 aromatic rings. The van der Waals surface area contributed by atoms with Crippen LogP contribution in [0.5, 0.6) is 23.0 Å². The molecule has 148 valence electrons. The fourth-order valence-electron chi connectivity index (χ4n) is 2.65. The van der Waals surface area contributed by atoms with Crippen LogP contribution in [0.1, 0.15) is 23.7 Å². The molecule has 0 atom stereocenters. The van der Waals surface area contributed by atoms with Gasteiger partial charge < -0.3 is 34.2 Å². The first-order valence-electron chi connectivity index (χ1n) is 8.88. The second-order valence-electron chi connectivity index (χ2n) is 5.90. The first-order valence-corrected chi connectivity index (χ1v) is 8.88. The number of carbonyl (C=O) groups is 2. The molecule has 0 saturated carbocycles. The number of amides is 1. The van der Waals surface area contributed by atoms with Crippen LogP contribution in [0.2, 0.25) is 0 Å². The van der Waals surface area contributed by atoms with Crippen LogP contribution in [-0.2, 0) is 4.79 Å². The van der Waals surface area contributed by atoms with Gasteiger partial charge in [0.1, 0.15) is 0 Å². The molecule has 0 unspecified atom stereocenters. The van der Waals surface area contributed by atoms with E-state index in [1.165, 1.54) is 12.1 Å². The summed E-state index contributed by atoms with van der Waals surface area (Å²) in [5, 5.41) is 14.0. The molecule has 1 heterocycles. The summed E-state index contributed by atoms with van der Waals surface area (Å²) in [4.78, 5) is 23.8. The molecule has 1 aliphatic heterocycles. The maximum Gasteiger partial charge on any atom is 0.262 e. The minimum Gasteiger partial charge on any atom is -0.545 e. The fourth-order valence-corrected chi connectivity index (χ4v) is 2.65. The second-order valence-corrected chi connectivity index (χ2v) is 5.90. The Balaban J connectivity index is 1.73. The quantitative estimate of drug-likeness (QED) is 0.771. The zero-order chi connectivity index (χ0) is 19.9. The van der Waals surface area contributed by atoms with E-state index in [1.54, 1.807) is 24.3 Å². The molecule has 28 heavy (non-hydrogen) atoms. The lowest BCUT2D eigenvalue weighted by Crippen LogP contribution is -2.26. The van der Waals surface area contributed by atoms with Crippen molar-refractivity contribution in [2.75, 3.05) is 31.7 Å². The van der Waals surface area contributed by atoms with Gasteiger partial charge in [-0.3, -0.25) is 4.79 Å². The number of carbonyl (C=O) groups excluding carboxylic acids is 2. The highest BCUT2D eigenvalue weighted by Crippen LogP contribution is 2.35. The van der Waals surface area contributed by atoms with Gasteiger partial charge in [-0.1, -0.05) is 12.1 Å². The van der Waals surface area contributed by atoms with Crippen molar-refractivity contribution in [1.82, 2.24) is 0 Å². The van der Waals surface area contributed by atoms with Gasteiger partial charge >= 0.3 is 0 Å². The number of hydrogen-bond acceptors (Lipinski definition) is 7. The third-order valence-electron chi connectivity index (χ3n) is 3.89. The molecule has 3 rings (SSSR count). The van der Waals surface area contributed by atoms with Gasteiger partial charge in [-0.15, -0.1) is 0 Å². The van der Waals surface area contributed by atoms with Crippen LogP contribution < -0.4 is 29.4 Å². The van der Waals surface area contributed by atoms with Crippen LogP contribution in [0.4, 0.5) is 5.69 Å². The standard InChI is InChI=1S/C20H21NO7/c1-2-25-15-6-3-4-7-16(15)28-12-19(22)21-14-11-18-17(10-13(14)20(23)24)26-8-5-9-27-18/h3-4,6-7,10-11H,2,5,8-9,12H2,1H3,(H,21,22)(H,23,24)/p-1. The minimum atomic E-state index is -1.44. The number of benzene rings is 2. The zero-order valence-corrected chi connectivity index (χ0v) is 15.4. The maximum atomic E-state index is 12.3. The maximum absolute atomic E-state index is 12.3. The number of ether oxygens (including phenoxy) is 4. The van der Waals surface area contributed by atoms with E-state index in [0.29, 0.717) is 49.2 Å². The molecule has 0 aliphatic carbocycles. The van der Waals surface area contributed by atoms with E-state index in [4.69, 9.17) is 18.9 Å². The molecule has 0 saturated heterocycles. The summed E-state index contributed by atoms with van der Waals surface area (Å²) < 4.78 is 22.0. The SMILES string of the molecule is CCOc1ccccc1OCC(=O)Nc1cc2c(cc1C(=O)[O-])OCCCO2. The van der Waals surface area contributed by atoms with Crippen LogP contribution in [0.25, 0.3) is 0 Å². The van der Waals surface area contributed by atoms with Crippen LogP contribution in [0, 0.1) is 0 Å². The Morgan fingerprint density at radius 2 is 1.71 bits per heavy atom. The second kappa shape index (κ2) is 8.98. The predicted octanol–water partition coefficient (Wildman–Crippen LogP) is 1.63. The molecular weight excluding hydrogens is 366 g/mol. The number of fused-ring (bicyclic) bond motifs is 1. The Labute approximate surface area is 162 Å². The summed E-state index contributed by atoms with van der Waals surface area (Å²) >= 11 is 0. The molecule has 1 N–H and O–H groups in total. The van der Waals surface area contributed by atoms with Crippen LogP contribution >= 0.6 is 0 Å². The van der Waals surface area contributed by atoms with Crippen LogP contribution in [-0.4, -0.2) is 38.3 Å². The summed E-state index contributed by atoms with van der Waals surface area (Å²) in [7, 11) is 0. The summed E-state index contributed by atoms with van der Waals surface area (Å²) in [6.07, 6.45) is 0.671. The van der Waals surface area contributed by atoms with E-state index in [0.717, 1.165) is 0 Å². The topological polar surface area (TPSA) is 106 Å². The molecule has 1 aliphatic rings. The lowest BCUT2D eigenvalue weighted by Gasteiger charge is -2.16. The van der Waals surface area contributed by atoms with Crippen molar-refractivity contribution in [2.45, 2.75) is 13.3 Å². The Morgan fingerprint density at radius 3 is 2.36 bits per heavy atom. The van der Waals surface area contributed by atoms with Crippen molar-refractivity contribution in [2.24, 2.45) is 0 Å². The number of hydrogen-bond donors (Lipinski definition) is 1. The van der Waals surface area contributed by atoms with Crippen LogP contribution in [0.3, 0.4) is 0 Å². The van der Waals surface area contributed by atoms with Crippen molar-refractivity contribution in [1.29, 1.82) is 0 Å². The van der Waals surface area contributed by atoms with Gasteiger partial charge in [0.05, 0.1) is 31.5 Å². The fraction of sp³-hybridized carbons (Fsp3) is 0.300. The van der Waals surface area contributed by atoms with E-state index >= 15 is 0 Å². The summed E-state index contributed by atoms with van der Waals surface area (Å²) in [5.74, 6) is -0.379. The largest absolute Gasteiger partial charge is 0.545 e. The third kappa shape index (κ3) is 4.64. The highest BCUT2D eigenvalue weighted by atomic mass is 16.5. The molecule has 0 bridgehead atoms. The minimum absolute atomic E-state index is 0.0518. The van der Waals surface area contributed by atoms with Crippen molar-refractivity contribution in [3.8, 4) is 23.0 Å². The molecule has 0 spiro atoms. The Hall–Kier alpha value is -3.42. The third-order valence-corrected chi connectivity index (χ3v) is 3.89. The number of nitrogens with one attached hydrogen (secondary N) is 1. The first kappa shape index (κ1) is 19.3. The molecule has 1 amide bonds. The van der Waals surface area contributed by atoms with Crippen molar-refractivity contribution in [3.63, 3.8) is 0 Å². The number of carboxylic acid groups (broad SMARTS) is 1. The van der Waals surface area contributed by atoms with Gasteiger partial charge in [0.15, 0.2) is 29.6 Å². The van der Waals surface area contributed by atoms with E-state index in [2.05, 4.69) is 5.32 Å². The smallest absolute Gasteiger partial charge is 0.262 e. The highest BCUT2D eigenvalue weighted by molar-refractivity contribution is 6.01. The monoisotopic (exact) mass is 386 g/mol. The lowest BCUT2D eigenvalue weighted by atomic mass is 10.1. The van der Waals surface area contributed by atoms with Gasteiger partial charge in [0.2, 0.25) is 0 Å². The molecular formula is C20H20NO7-. The molecule has 0 aromatic heterocycles. The average Bonchev–Trinajstić information content (AvgIpc) is 2.91. The number of aromatic carboxylic acids is 1. The van der Waals surface area contributed by atoms with E-state index in [9.17, 15) is 14.7 Å². The normalized spacial score (nSPS) is 12.6. The van der Waals surface area contributed by atoms with Crippen molar-refractivity contribution >= 4 is 17.6 Å².